The van der Waals surface area contributed by atoms with E-state index in [9.17, 15) is 9.90 Å². The van der Waals surface area contributed by atoms with Crippen molar-refractivity contribution in [3.8, 4) is 0 Å². The highest BCUT2D eigenvalue weighted by molar-refractivity contribution is 7.07. The number of hydrogen-bond donors (Lipinski definition) is 2. The minimum atomic E-state index is -0.630. The van der Waals surface area contributed by atoms with Gasteiger partial charge in [0.25, 0.3) is 0 Å². The van der Waals surface area contributed by atoms with Gasteiger partial charge in [-0.15, -0.1) is 0 Å². The third-order valence-electron chi connectivity index (χ3n) is 3.23. The Morgan fingerprint density at radius 2 is 2.05 bits per heavy atom. The molecule has 0 spiro atoms. The van der Waals surface area contributed by atoms with Crippen molar-refractivity contribution in [3.05, 3.63) is 58.3 Å². The van der Waals surface area contributed by atoms with Crippen LogP contribution in [0.15, 0.2) is 47.2 Å². The summed E-state index contributed by atoms with van der Waals surface area (Å²) >= 11 is 1.54. The molecule has 0 saturated heterocycles. The maximum atomic E-state index is 12.0. The number of aliphatic hydroxyl groups excluding tert-OH is 1. The number of nitrogens with one attached hydrogen (secondary N) is 1. The summed E-state index contributed by atoms with van der Waals surface area (Å²) in [5.41, 5.74) is 2.00. The number of rotatable bonds is 6. The largest absolute Gasteiger partial charge is 0.387 e. The van der Waals surface area contributed by atoms with Crippen LogP contribution in [0, 0.1) is 5.92 Å². The lowest BCUT2D eigenvalue weighted by Gasteiger charge is -2.14. The van der Waals surface area contributed by atoms with E-state index in [0.29, 0.717) is 6.42 Å². The molecule has 1 heterocycles. The first-order valence-electron chi connectivity index (χ1n) is 6.68. The molecule has 0 saturated carbocycles. The number of aliphatic hydroxyl groups is 1. The highest BCUT2D eigenvalue weighted by Gasteiger charge is 2.15. The van der Waals surface area contributed by atoms with Crippen molar-refractivity contribution >= 4 is 17.2 Å². The lowest BCUT2D eigenvalue weighted by Crippen LogP contribution is -2.33. The number of carbonyl (C=O) groups excluding carboxylic acids is 1. The van der Waals surface area contributed by atoms with Crippen LogP contribution in [-0.4, -0.2) is 17.6 Å². The van der Waals surface area contributed by atoms with Crippen molar-refractivity contribution in [3.63, 3.8) is 0 Å². The number of carbonyl (C=O) groups is 1. The van der Waals surface area contributed by atoms with Gasteiger partial charge in [-0.25, -0.2) is 0 Å². The minimum Gasteiger partial charge on any atom is -0.387 e. The first kappa shape index (κ1) is 14.8. The van der Waals surface area contributed by atoms with Gasteiger partial charge in [0.05, 0.1) is 6.10 Å². The summed E-state index contributed by atoms with van der Waals surface area (Å²) < 4.78 is 0. The third kappa shape index (κ3) is 4.18. The van der Waals surface area contributed by atoms with Gasteiger partial charge in [0.15, 0.2) is 0 Å². The van der Waals surface area contributed by atoms with Crippen molar-refractivity contribution in [2.75, 3.05) is 6.54 Å². The molecule has 0 aliphatic carbocycles. The monoisotopic (exact) mass is 289 g/mol. The Morgan fingerprint density at radius 3 is 2.70 bits per heavy atom. The van der Waals surface area contributed by atoms with Crippen LogP contribution in [0.25, 0.3) is 0 Å². The van der Waals surface area contributed by atoms with E-state index < -0.39 is 6.10 Å². The van der Waals surface area contributed by atoms with Gasteiger partial charge in [0, 0.05) is 12.5 Å². The topological polar surface area (TPSA) is 49.3 Å². The first-order valence-corrected chi connectivity index (χ1v) is 7.63. The van der Waals surface area contributed by atoms with Gasteiger partial charge in [-0.05, 0) is 34.4 Å². The Labute approximate surface area is 123 Å². The van der Waals surface area contributed by atoms with Gasteiger partial charge in [-0.3, -0.25) is 4.79 Å². The van der Waals surface area contributed by atoms with E-state index in [-0.39, 0.29) is 18.4 Å². The Balaban J connectivity index is 1.79. The zero-order chi connectivity index (χ0) is 14.4. The van der Waals surface area contributed by atoms with E-state index in [1.807, 2.05) is 54.1 Å². The molecule has 2 N–H and O–H groups in total. The molecule has 1 aromatic heterocycles. The summed E-state index contributed by atoms with van der Waals surface area (Å²) in [4.78, 5) is 12.0. The summed E-state index contributed by atoms with van der Waals surface area (Å²) in [6.45, 7) is 2.16. The van der Waals surface area contributed by atoms with Gasteiger partial charge in [0.2, 0.25) is 5.91 Å². The van der Waals surface area contributed by atoms with Crippen LogP contribution in [-0.2, 0) is 11.2 Å². The van der Waals surface area contributed by atoms with Crippen LogP contribution in [0.2, 0.25) is 0 Å². The summed E-state index contributed by atoms with van der Waals surface area (Å²) in [6.07, 6.45) is 0.0791. The quantitative estimate of drug-likeness (QED) is 0.859. The van der Waals surface area contributed by atoms with E-state index in [1.165, 1.54) is 11.3 Å². The first-order chi connectivity index (χ1) is 9.66. The zero-order valence-electron chi connectivity index (χ0n) is 11.5. The van der Waals surface area contributed by atoms with Gasteiger partial charge in [-0.1, -0.05) is 37.3 Å². The lowest BCUT2D eigenvalue weighted by atomic mass is 10.0. The molecule has 106 valence electrons. The van der Waals surface area contributed by atoms with E-state index >= 15 is 0 Å². The highest BCUT2D eigenvalue weighted by Crippen LogP contribution is 2.15. The van der Waals surface area contributed by atoms with Crippen LogP contribution in [0.4, 0.5) is 0 Å². The predicted octanol–water partition coefficient (Wildman–Crippen LogP) is 2.78. The molecular formula is C16H19NO2S. The molecule has 1 aromatic carbocycles. The van der Waals surface area contributed by atoms with Gasteiger partial charge in [-0.2, -0.15) is 11.3 Å². The van der Waals surface area contributed by atoms with Crippen molar-refractivity contribution < 1.29 is 9.90 Å². The number of benzene rings is 1. The molecule has 2 atom stereocenters. The van der Waals surface area contributed by atoms with Crippen LogP contribution in [0.3, 0.4) is 0 Å². The van der Waals surface area contributed by atoms with Gasteiger partial charge >= 0.3 is 0 Å². The smallest absolute Gasteiger partial charge is 0.223 e. The second-order valence-corrected chi connectivity index (χ2v) is 5.69. The third-order valence-corrected chi connectivity index (χ3v) is 3.93. The number of thiophene rings is 1. The van der Waals surface area contributed by atoms with Crippen molar-refractivity contribution in [2.24, 2.45) is 5.92 Å². The second-order valence-electron chi connectivity index (χ2n) is 4.91. The summed E-state index contributed by atoms with van der Waals surface area (Å²) in [6, 6.07) is 11.8. The van der Waals surface area contributed by atoms with E-state index in [4.69, 9.17) is 0 Å². The van der Waals surface area contributed by atoms with E-state index in [1.54, 1.807) is 0 Å². The summed E-state index contributed by atoms with van der Waals surface area (Å²) in [5, 5.41) is 16.5. The molecular weight excluding hydrogens is 270 g/mol. The van der Waals surface area contributed by atoms with Crippen molar-refractivity contribution in [2.45, 2.75) is 19.4 Å². The molecule has 20 heavy (non-hydrogen) atoms. The zero-order valence-corrected chi connectivity index (χ0v) is 12.3. The Bertz CT molecular complexity index is 525. The molecule has 2 unspecified atom stereocenters. The van der Waals surface area contributed by atoms with Crippen molar-refractivity contribution in [1.29, 1.82) is 0 Å². The molecule has 4 heteroatoms. The van der Waals surface area contributed by atoms with Crippen LogP contribution >= 0.6 is 11.3 Å². The molecule has 0 fully saturated rings. The average molecular weight is 289 g/mol. The Hall–Kier alpha value is -1.65. The molecule has 0 bridgehead atoms. The maximum absolute atomic E-state index is 12.0. The Morgan fingerprint density at radius 1 is 1.30 bits per heavy atom. The van der Waals surface area contributed by atoms with Gasteiger partial charge in [0.1, 0.15) is 0 Å². The molecule has 1 amide bonds. The van der Waals surface area contributed by atoms with Gasteiger partial charge < -0.3 is 10.4 Å². The summed E-state index contributed by atoms with van der Waals surface area (Å²) in [7, 11) is 0. The van der Waals surface area contributed by atoms with Crippen LogP contribution in [0.1, 0.15) is 24.2 Å². The minimum absolute atomic E-state index is 0.0249. The van der Waals surface area contributed by atoms with E-state index in [0.717, 1.165) is 11.1 Å². The normalized spacial score (nSPS) is 13.7. The highest BCUT2D eigenvalue weighted by atomic mass is 32.1. The average Bonchev–Trinajstić information content (AvgIpc) is 2.99. The second kappa shape index (κ2) is 7.22. The number of hydrogen-bond acceptors (Lipinski definition) is 3. The van der Waals surface area contributed by atoms with E-state index in [2.05, 4.69) is 5.32 Å². The van der Waals surface area contributed by atoms with Crippen molar-refractivity contribution in [1.82, 2.24) is 5.32 Å². The fourth-order valence-corrected chi connectivity index (χ4v) is 2.72. The van der Waals surface area contributed by atoms with Crippen LogP contribution in [0.5, 0.6) is 0 Å². The predicted molar refractivity (Wildman–Crippen MR) is 81.6 cm³/mol. The summed E-state index contributed by atoms with van der Waals surface area (Å²) in [5.74, 6) is -0.129. The Kier molecular flexibility index (Phi) is 5.32. The fourth-order valence-electron chi connectivity index (χ4n) is 2.01. The maximum Gasteiger partial charge on any atom is 0.223 e. The molecule has 0 aliphatic rings. The molecule has 2 aromatic rings. The van der Waals surface area contributed by atoms with Crippen LogP contribution < -0.4 is 5.32 Å². The fraction of sp³-hybridized carbons (Fsp3) is 0.312. The lowest BCUT2D eigenvalue weighted by molar-refractivity contribution is -0.124. The molecule has 0 aliphatic heterocycles. The molecule has 3 nitrogen and oxygen atoms in total. The molecule has 0 radical (unpaired) electrons. The standard InChI is InChI=1S/C16H19NO2S/c1-12(9-13-5-3-2-4-6-13)16(19)17-10-15(18)14-7-8-20-11-14/h2-8,11-12,15,18H,9-10H2,1H3,(H,17,19). The number of amides is 1. The molecule has 2 rings (SSSR count). The SMILES string of the molecule is CC(Cc1ccccc1)C(=O)NCC(O)c1ccsc1.